The molecule has 2 aromatic carbocycles. The van der Waals surface area contributed by atoms with Crippen molar-refractivity contribution in [2.45, 2.75) is 39.1 Å². The van der Waals surface area contributed by atoms with Gasteiger partial charge in [-0.25, -0.2) is 0 Å². The maximum absolute atomic E-state index is 6.29. The molecule has 0 fully saturated rings. The number of rotatable bonds is 8. The van der Waals surface area contributed by atoms with E-state index in [9.17, 15) is 0 Å². The fourth-order valence-corrected chi connectivity index (χ4v) is 2.57. The van der Waals surface area contributed by atoms with Crippen molar-refractivity contribution in [1.29, 1.82) is 0 Å². The van der Waals surface area contributed by atoms with Crippen molar-refractivity contribution >= 4 is 11.6 Å². The van der Waals surface area contributed by atoms with Gasteiger partial charge in [0, 0.05) is 18.1 Å². The maximum Gasteiger partial charge on any atom is 0.0864 e. The normalized spacial score (nSPS) is 12.5. The Morgan fingerprint density at radius 3 is 2.32 bits per heavy atom. The number of hydrogen-bond donors (Lipinski definition) is 0. The topological polar surface area (TPSA) is 18.5 Å². The Morgan fingerprint density at radius 1 is 0.955 bits per heavy atom. The lowest BCUT2D eigenvalue weighted by molar-refractivity contribution is -0.0169. The van der Waals surface area contributed by atoms with Crippen LogP contribution in [0.4, 0.5) is 0 Å². The van der Waals surface area contributed by atoms with Crippen molar-refractivity contribution in [2.75, 3.05) is 6.61 Å². The lowest BCUT2D eigenvalue weighted by atomic mass is 10.1. The van der Waals surface area contributed by atoms with Crippen molar-refractivity contribution < 1.29 is 9.47 Å². The van der Waals surface area contributed by atoms with E-state index in [1.165, 1.54) is 5.56 Å². The summed E-state index contributed by atoms with van der Waals surface area (Å²) in [5, 5.41) is 0.746. The van der Waals surface area contributed by atoms with Crippen LogP contribution in [0.2, 0.25) is 5.02 Å². The Morgan fingerprint density at radius 2 is 1.64 bits per heavy atom. The van der Waals surface area contributed by atoms with Crippen LogP contribution in [0.25, 0.3) is 0 Å². The van der Waals surface area contributed by atoms with Crippen molar-refractivity contribution in [3.8, 4) is 0 Å². The van der Waals surface area contributed by atoms with Crippen LogP contribution in [0.15, 0.2) is 54.6 Å². The van der Waals surface area contributed by atoms with Crippen LogP contribution in [-0.2, 0) is 16.1 Å². The molecule has 0 bridgehead atoms. The summed E-state index contributed by atoms with van der Waals surface area (Å²) in [5.41, 5.74) is 2.21. The minimum atomic E-state index is -0.0375. The van der Waals surface area contributed by atoms with Gasteiger partial charge in [0.2, 0.25) is 0 Å². The van der Waals surface area contributed by atoms with Gasteiger partial charge >= 0.3 is 0 Å². The second-order valence-electron chi connectivity index (χ2n) is 5.52. The third-order valence-electron chi connectivity index (χ3n) is 3.32. The largest absolute Gasteiger partial charge is 0.377 e. The SMILES string of the molecule is CC(C)OC(CCOCc1ccccc1)c1ccccc1Cl. The molecule has 118 valence electrons. The zero-order chi connectivity index (χ0) is 15.8. The summed E-state index contributed by atoms with van der Waals surface area (Å²) in [7, 11) is 0. The van der Waals surface area contributed by atoms with Gasteiger partial charge in [0.25, 0.3) is 0 Å². The summed E-state index contributed by atoms with van der Waals surface area (Å²) in [5.74, 6) is 0. The molecule has 0 radical (unpaired) electrons. The smallest absolute Gasteiger partial charge is 0.0864 e. The predicted molar refractivity (Wildman–Crippen MR) is 91.1 cm³/mol. The zero-order valence-electron chi connectivity index (χ0n) is 13.2. The van der Waals surface area contributed by atoms with Crippen LogP contribution in [-0.4, -0.2) is 12.7 Å². The first kappa shape index (κ1) is 17.0. The average molecular weight is 319 g/mol. The van der Waals surface area contributed by atoms with Crippen LogP contribution < -0.4 is 0 Å². The van der Waals surface area contributed by atoms with E-state index in [0.29, 0.717) is 13.2 Å². The van der Waals surface area contributed by atoms with Gasteiger partial charge in [-0.15, -0.1) is 0 Å². The van der Waals surface area contributed by atoms with Crippen molar-refractivity contribution in [3.63, 3.8) is 0 Å². The quantitative estimate of drug-likeness (QED) is 0.606. The number of hydrogen-bond acceptors (Lipinski definition) is 2. The van der Waals surface area contributed by atoms with E-state index < -0.39 is 0 Å². The van der Waals surface area contributed by atoms with Crippen molar-refractivity contribution in [2.24, 2.45) is 0 Å². The van der Waals surface area contributed by atoms with Gasteiger partial charge in [-0.3, -0.25) is 0 Å². The van der Waals surface area contributed by atoms with E-state index >= 15 is 0 Å². The van der Waals surface area contributed by atoms with Gasteiger partial charge < -0.3 is 9.47 Å². The van der Waals surface area contributed by atoms with Crippen molar-refractivity contribution in [3.05, 3.63) is 70.7 Å². The molecule has 0 aliphatic heterocycles. The molecule has 0 saturated carbocycles. The highest BCUT2D eigenvalue weighted by molar-refractivity contribution is 6.31. The summed E-state index contributed by atoms with van der Waals surface area (Å²) < 4.78 is 11.8. The van der Waals surface area contributed by atoms with Crippen molar-refractivity contribution in [1.82, 2.24) is 0 Å². The van der Waals surface area contributed by atoms with E-state index in [4.69, 9.17) is 21.1 Å². The molecule has 0 amide bonds. The van der Waals surface area contributed by atoms with Gasteiger partial charge in [0.05, 0.1) is 18.8 Å². The molecule has 2 rings (SSSR count). The Labute approximate surface area is 138 Å². The molecule has 0 spiro atoms. The molecule has 2 nitrogen and oxygen atoms in total. The molecule has 0 saturated heterocycles. The molecule has 0 heterocycles. The van der Waals surface area contributed by atoms with Gasteiger partial charge in [-0.2, -0.15) is 0 Å². The second-order valence-corrected chi connectivity index (χ2v) is 5.93. The molecule has 3 heteroatoms. The highest BCUT2D eigenvalue weighted by atomic mass is 35.5. The molecule has 0 aliphatic carbocycles. The monoisotopic (exact) mass is 318 g/mol. The number of halogens is 1. The third-order valence-corrected chi connectivity index (χ3v) is 3.67. The Kier molecular flexibility index (Phi) is 6.91. The van der Waals surface area contributed by atoms with E-state index in [2.05, 4.69) is 12.1 Å². The van der Waals surface area contributed by atoms with Gasteiger partial charge in [0.15, 0.2) is 0 Å². The molecule has 0 aromatic heterocycles. The van der Waals surface area contributed by atoms with Gasteiger partial charge in [-0.05, 0) is 31.0 Å². The first-order valence-electron chi connectivity index (χ1n) is 7.68. The molecule has 22 heavy (non-hydrogen) atoms. The second kappa shape index (κ2) is 8.94. The first-order chi connectivity index (χ1) is 10.7. The molecule has 2 aromatic rings. The first-order valence-corrected chi connectivity index (χ1v) is 8.06. The number of benzene rings is 2. The van der Waals surface area contributed by atoms with E-state index in [0.717, 1.165) is 17.0 Å². The fraction of sp³-hybridized carbons (Fsp3) is 0.368. The maximum atomic E-state index is 6.29. The molecular weight excluding hydrogens is 296 g/mol. The van der Waals surface area contributed by atoms with E-state index in [-0.39, 0.29) is 12.2 Å². The molecule has 0 aliphatic rings. The Bertz CT molecular complexity index is 554. The van der Waals surface area contributed by atoms with E-state index in [1.807, 2.05) is 56.3 Å². The standard InChI is InChI=1S/C19H23ClO2/c1-15(2)22-19(17-10-6-7-11-18(17)20)12-13-21-14-16-8-4-3-5-9-16/h3-11,15,19H,12-14H2,1-2H3. The summed E-state index contributed by atoms with van der Waals surface area (Å²) in [6.07, 6.45) is 0.897. The third kappa shape index (κ3) is 5.45. The van der Waals surface area contributed by atoms with Crippen LogP contribution >= 0.6 is 11.6 Å². The van der Waals surface area contributed by atoms with Crippen LogP contribution in [0.3, 0.4) is 0 Å². The zero-order valence-corrected chi connectivity index (χ0v) is 13.9. The Balaban J connectivity index is 1.89. The van der Waals surface area contributed by atoms with Crippen LogP contribution in [0, 0.1) is 0 Å². The van der Waals surface area contributed by atoms with Gasteiger partial charge in [-0.1, -0.05) is 60.1 Å². The minimum Gasteiger partial charge on any atom is -0.377 e. The summed E-state index contributed by atoms with van der Waals surface area (Å²) in [6.45, 7) is 5.33. The number of ether oxygens (including phenoxy) is 2. The van der Waals surface area contributed by atoms with Gasteiger partial charge in [0.1, 0.15) is 0 Å². The predicted octanol–water partition coefficient (Wildman–Crippen LogP) is 5.41. The van der Waals surface area contributed by atoms with E-state index in [1.54, 1.807) is 0 Å². The summed E-state index contributed by atoms with van der Waals surface area (Å²) >= 11 is 6.29. The molecule has 1 atom stereocenters. The van der Waals surface area contributed by atoms with Crippen LogP contribution in [0.5, 0.6) is 0 Å². The van der Waals surface area contributed by atoms with Crippen LogP contribution in [0.1, 0.15) is 37.5 Å². The summed E-state index contributed by atoms with van der Waals surface area (Å²) in [6, 6.07) is 18.0. The molecule has 0 N–H and O–H groups in total. The molecule has 1 unspecified atom stereocenters. The lowest BCUT2D eigenvalue weighted by Gasteiger charge is -2.22. The molecular formula is C19H23ClO2. The lowest BCUT2D eigenvalue weighted by Crippen LogP contribution is -2.13. The Hall–Kier alpha value is -1.35. The highest BCUT2D eigenvalue weighted by Crippen LogP contribution is 2.29. The fourth-order valence-electron chi connectivity index (χ4n) is 2.32. The minimum absolute atomic E-state index is 0.0375. The summed E-state index contributed by atoms with van der Waals surface area (Å²) in [4.78, 5) is 0. The average Bonchev–Trinajstić information content (AvgIpc) is 2.51. The highest BCUT2D eigenvalue weighted by Gasteiger charge is 2.16.